The second-order valence-electron chi connectivity index (χ2n) is 9.84. The number of carbonyl (C=O) groups is 1. The summed E-state index contributed by atoms with van der Waals surface area (Å²) in [7, 11) is -0.112. The van der Waals surface area contributed by atoms with Gasteiger partial charge in [-0.1, -0.05) is 24.3 Å². The number of aliphatic hydroxyl groups excluding tert-OH is 1. The number of alkyl halides is 1. The van der Waals surface area contributed by atoms with E-state index in [1.165, 1.54) is 29.2 Å². The van der Waals surface area contributed by atoms with Gasteiger partial charge in [0.15, 0.2) is 29.4 Å². The van der Waals surface area contributed by atoms with Crippen LogP contribution in [0.4, 0.5) is 10.2 Å². The van der Waals surface area contributed by atoms with E-state index in [4.69, 9.17) is 13.8 Å². The first kappa shape index (κ1) is 30.1. The predicted molar refractivity (Wildman–Crippen MR) is 150 cm³/mol. The van der Waals surface area contributed by atoms with E-state index in [2.05, 4.69) is 21.5 Å². The molecule has 5 atom stereocenters. The maximum atomic E-state index is 16.1. The summed E-state index contributed by atoms with van der Waals surface area (Å²) >= 11 is 0. The highest BCUT2D eigenvalue weighted by Crippen LogP contribution is 2.50. The van der Waals surface area contributed by atoms with Crippen LogP contribution < -0.4 is 4.90 Å². The predicted octanol–water partition coefficient (Wildman–Crippen LogP) is 4.26. The molecular formula is C27H36FN6O5P. The van der Waals surface area contributed by atoms with E-state index in [1.807, 2.05) is 38.4 Å². The van der Waals surface area contributed by atoms with Gasteiger partial charge in [-0.15, -0.1) is 6.58 Å². The number of carbonyl (C=O) groups excluding carboxylic acids is 1. The molecule has 1 fully saturated rings. The molecule has 2 unspecified atom stereocenters. The molecule has 3 aromatic rings. The summed E-state index contributed by atoms with van der Waals surface area (Å²) in [5, 5.41) is 10.0. The van der Waals surface area contributed by atoms with Crippen LogP contribution in [0.3, 0.4) is 0 Å². The van der Waals surface area contributed by atoms with Gasteiger partial charge in [-0.05, 0) is 39.8 Å². The Morgan fingerprint density at radius 3 is 2.52 bits per heavy atom. The summed E-state index contributed by atoms with van der Waals surface area (Å²) in [4.78, 5) is 27.9. The van der Waals surface area contributed by atoms with E-state index < -0.39 is 39.7 Å². The Morgan fingerprint density at radius 1 is 1.23 bits per heavy atom. The fraction of sp³-hybridized carbons (Fsp3) is 0.481. The smallest absolute Gasteiger partial charge is 0.259 e. The number of amides is 1. The Kier molecular flexibility index (Phi) is 9.94. The van der Waals surface area contributed by atoms with Crippen LogP contribution in [-0.2, 0) is 13.8 Å². The van der Waals surface area contributed by atoms with Gasteiger partial charge in [-0.25, -0.2) is 24.0 Å². The topological polar surface area (TPSA) is 115 Å². The molecule has 11 nitrogen and oxygen atoms in total. The molecule has 1 N–H and O–H groups in total. The SMILES string of the molecule is C=CCN(C(=O)c1ccccc1)c1ncnc2c1ncn2C1O[C@H](CO)[C@@H](OP(OC)N(C(C)C)C(C)C)[C@H]1F. The van der Waals surface area contributed by atoms with Crippen LogP contribution >= 0.6 is 8.53 Å². The molecule has 40 heavy (non-hydrogen) atoms. The van der Waals surface area contributed by atoms with E-state index in [0.29, 0.717) is 11.1 Å². The van der Waals surface area contributed by atoms with Crippen LogP contribution in [0.2, 0.25) is 0 Å². The molecule has 13 heteroatoms. The molecule has 1 aromatic carbocycles. The number of halogens is 1. The van der Waals surface area contributed by atoms with Gasteiger partial charge < -0.3 is 18.9 Å². The monoisotopic (exact) mass is 574 g/mol. The third-order valence-electron chi connectivity index (χ3n) is 6.51. The molecule has 2 aromatic heterocycles. The lowest BCUT2D eigenvalue weighted by Gasteiger charge is -2.36. The van der Waals surface area contributed by atoms with Crippen LogP contribution in [-0.4, -0.2) is 85.9 Å². The van der Waals surface area contributed by atoms with Crippen LogP contribution in [0.5, 0.6) is 0 Å². The first-order chi connectivity index (χ1) is 19.2. The molecule has 4 rings (SSSR count). The quantitative estimate of drug-likeness (QED) is 0.250. The normalized spacial score (nSPS) is 21.9. The van der Waals surface area contributed by atoms with Crippen molar-refractivity contribution in [2.45, 2.75) is 64.4 Å². The molecular weight excluding hydrogens is 538 g/mol. The second kappa shape index (κ2) is 13.2. The first-order valence-corrected chi connectivity index (χ1v) is 14.2. The van der Waals surface area contributed by atoms with E-state index in [0.717, 1.165) is 0 Å². The number of anilines is 1. The van der Waals surface area contributed by atoms with Crippen LogP contribution in [0.1, 0.15) is 44.3 Å². The highest BCUT2D eigenvalue weighted by Gasteiger charge is 2.49. The Labute approximate surface area is 234 Å². The lowest BCUT2D eigenvalue weighted by atomic mass is 10.1. The number of imidazole rings is 1. The molecule has 1 amide bonds. The minimum absolute atomic E-state index is 0.0830. The van der Waals surface area contributed by atoms with Gasteiger partial charge in [0.05, 0.1) is 12.9 Å². The van der Waals surface area contributed by atoms with Crippen molar-refractivity contribution in [2.24, 2.45) is 0 Å². The number of aliphatic hydroxyl groups is 1. The average Bonchev–Trinajstić information content (AvgIpc) is 3.51. The summed E-state index contributed by atoms with van der Waals surface area (Å²) in [6.45, 7) is 11.5. The number of benzene rings is 1. The Bertz CT molecular complexity index is 1290. The van der Waals surface area contributed by atoms with Gasteiger partial charge in [-0.2, -0.15) is 0 Å². The zero-order valence-electron chi connectivity index (χ0n) is 23.3. The van der Waals surface area contributed by atoms with E-state index in [-0.39, 0.29) is 36.0 Å². The summed E-state index contributed by atoms with van der Waals surface area (Å²) in [6, 6.07) is 8.95. The van der Waals surface area contributed by atoms with Crippen molar-refractivity contribution in [1.29, 1.82) is 0 Å². The first-order valence-electron chi connectivity index (χ1n) is 13.1. The van der Waals surface area contributed by atoms with Crippen LogP contribution in [0.15, 0.2) is 55.6 Å². The van der Waals surface area contributed by atoms with Crippen LogP contribution in [0, 0.1) is 0 Å². The largest absolute Gasteiger partial charge is 0.394 e. The van der Waals surface area contributed by atoms with Crippen molar-refractivity contribution in [3.8, 4) is 0 Å². The zero-order chi connectivity index (χ0) is 29.0. The van der Waals surface area contributed by atoms with Crippen LogP contribution in [0.25, 0.3) is 11.2 Å². The van der Waals surface area contributed by atoms with E-state index in [9.17, 15) is 9.90 Å². The highest BCUT2D eigenvalue weighted by molar-refractivity contribution is 7.44. The van der Waals surface area contributed by atoms with Crippen molar-refractivity contribution in [3.63, 3.8) is 0 Å². The van der Waals surface area contributed by atoms with Gasteiger partial charge >= 0.3 is 0 Å². The summed E-state index contributed by atoms with van der Waals surface area (Å²) in [5.74, 6) is -0.0399. The number of hydrogen-bond donors (Lipinski definition) is 1. The summed E-state index contributed by atoms with van der Waals surface area (Å²) in [6.07, 6.45) is -0.643. The number of nitrogens with zero attached hydrogens (tertiary/aromatic N) is 6. The van der Waals surface area contributed by atoms with Gasteiger partial charge in [-0.3, -0.25) is 14.3 Å². The van der Waals surface area contributed by atoms with Gasteiger partial charge in [0.2, 0.25) is 0 Å². The molecule has 1 saturated heterocycles. The minimum Gasteiger partial charge on any atom is -0.394 e. The molecule has 0 radical (unpaired) electrons. The van der Waals surface area contributed by atoms with Crippen molar-refractivity contribution in [2.75, 3.05) is 25.2 Å². The lowest BCUT2D eigenvalue weighted by Crippen LogP contribution is -2.38. The van der Waals surface area contributed by atoms with Gasteiger partial charge in [0, 0.05) is 31.3 Å². The molecule has 1 aliphatic heterocycles. The Hall–Kier alpha value is -2.86. The molecule has 0 aliphatic carbocycles. The third-order valence-corrected chi connectivity index (χ3v) is 8.55. The van der Waals surface area contributed by atoms with Crippen molar-refractivity contribution in [3.05, 3.63) is 61.2 Å². The minimum atomic E-state index is -1.68. The maximum Gasteiger partial charge on any atom is 0.259 e. The number of rotatable bonds is 12. The highest BCUT2D eigenvalue weighted by atomic mass is 31.2. The standard InChI is InChI=1S/C27H36FN6O5P/c1-7-13-32(26(36)19-11-9-8-10-12-19)24-22-25(30-15-29-24)33(16-31-22)27-21(28)23(20(14-35)38-27)39-40(37-6)34(17(2)3)18(4)5/h7-12,15-18,20-21,23,27,35H,1,13-14H2,2-6H3/t20-,21-,23-,27?,40?/m1/s1. The maximum absolute atomic E-state index is 16.1. The number of hydrogen-bond acceptors (Lipinski definition) is 9. The summed E-state index contributed by atoms with van der Waals surface area (Å²) < 4.78 is 37.3. The fourth-order valence-electron chi connectivity index (χ4n) is 4.81. The number of fused-ring (bicyclic) bond motifs is 1. The Balaban J connectivity index is 1.66. The third kappa shape index (κ3) is 5.93. The molecule has 0 bridgehead atoms. The fourth-order valence-corrected chi connectivity index (χ4v) is 6.41. The molecule has 1 aliphatic rings. The zero-order valence-corrected chi connectivity index (χ0v) is 24.2. The molecule has 3 heterocycles. The van der Waals surface area contributed by atoms with Crippen molar-refractivity contribution >= 4 is 31.4 Å². The second-order valence-corrected chi connectivity index (χ2v) is 11.4. The van der Waals surface area contributed by atoms with E-state index >= 15 is 4.39 Å². The molecule has 0 saturated carbocycles. The summed E-state index contributed by atoms with van der Waals surface area (Å²) in [5.41, 5.74) is 1.03. The average molecular weight is 575 g/mol. The van der Waals surface area contributed by atoms with Gasteiger partial charge in [0.1, 0.15) is 18.5 Å². The number of aromatic nitrogens is 4. The molecule has 216 valence electrons. The molecule has 0 spiro atoms. The van der Waals surface area contributed by atoms with Crippen molar-refractivity contribution in [1.82, 2.24) is 24.2 Å². The lowest BCUT2D eigenvalue weighted by molar-refractivity contribution is -0.0443. The Morgan fingerprint density at radius 2 is 1.93 bits per heavy atom. The van der Waals surface area contributed by atoms with E-state index in [1.54, 1.807) is 30.3 Å². The number of ether oxygens (including phenoxy) is 1. The van der Waals surface area contributed by atoms with Crippen molar-refractivity contribution < 1.29 is 28.1 Å². The van der Waals surface area contributed by atoms with Gasteiger partial charge in [0.25, 0.3) is 14.4 Å².